The Hall–Kier alpha value is -2.37. The molecule has 19 heavy (non-hydrogen) atoms. The molecule has 0 spiro atoms. The second-order valence-corrected chi connectivity index (χ2v) is 4.33. The third kappa shape index (κ3) is 2.73. The number of rotatable bonds is 4. The minimum Gasteiger partial charge on any atom is -0.381 e. The van der Waals surface area contributed by atoms with Crippen molar-refractivity contribution in [1.29, 1.82) is 0 Å². The Morgan fingerprint density at radius 2 is 2.21 bits per heavy atom. The molecule has 0 radical (unpaired) electrons. The molecule has 0 atom stereocenters. The molecule has 1 amide bonds. The van der Waals surface area contributed by atoms with Crippen molar-refractivity contribution in [3.05, 3.63) is 46.5 Å². The summed E-state index contributed by atoms with van der Waals surface area (Å²) >= 11 is 0. The van der Waals surface area contributed by atoms with Gasteiger partial charge in [-0.25, -0.2) is 4.39 Å². The molecule has 0 aliphatic heterocycles. The number of hydrogen-bond acceptors (Lipinski definition) is 3. The largest absolute Gasteiger partial charge is 0.381 e. The van der Waals surface area contributed by atoms with E-state index in [9.17, 15) is 9.18 Å². The first kappa shape index (κ1) is 13.1. The quantitative estimate of drug-likeness (QED) is 0.786. The third-order valence-corrected chi connectivity index (χ3v) is 2.98. The lowest BCUT2D eigenvalue weighted by Crippen LogP contribution is -2.13. The van der Waals surface area contributed by atoms with E-state index in [2.05, 4.69) is 15.5 Å². The van der Waals surface area contributed by atoms with Gasteiger partial charge in [-0.1, -0.05) is 0 Å². The molecule has 2 rings (SSSR count). The predicted molar refractivity (Wildman–Crippen MR) is 70.3 cm³/mol. The zero-order valence-electron chi connectivity index (χ0n) is 10.7. The number of primary amides is 1. The number of nitrogens with zero attached hydrogens (tertiary/aromatic N) is 1. The Bertz CT molecular complexity index is 602. The van der Waals surface area contributed by atoms with Crippen LogP contribution >= 0.6 is 0 Å². The third-order valence-electron chi connectivity index (χ3n) is 2.98. The number of H-pyrrole nitrogens is 1. The van der Waals surface area contributed by atoms with Crippen LogP contribution in [0.3, 0.4) is 0 Å². The van der Waals surface area contributed by atoms with E-state index in [0.717, 1.165) is 17.0 Å². The van der Waals surface area contributed by atoms with E-state index in [1.54, 1.807) is 6.07 Å². The highest BCUT2D eigenvalue weighted by Gasteiger charge is 2.10. The van der Waals surface area contributed by atoms with Gasteiger partial charge < -0.3 is 11.1 Å². The molecule has 100 valence electrons. The Morgan fingerprint density at radius 3 is 2.79 bits per heavy atom. The summed E-state index contributed by atoms with van der Waals surface area (Å²) in [6.45, 7) is 4.37. The summed E-state index contributed by atoms with van der Waals surface area (Å²) in [5.74, 6) is -1.40. The number of benzene rings is 1. The normalized spacial score (nSPS) is 10.5. The van der Waals surface area contributed by atoms with Crippen LogP contribution in [-0.4, -0.2) is 16.1 Å². The first-order valence-electron chi connectivity index (χ1n) is 5.82. The van der Waals surface area contributed by atoms with Crippen LogP contribution in [0.25, 0.3) is 0 Å². The number of carbonyl (C=O) groups is 1. The second-order valence-electron chi connectivity index (χ2n) is 4.33. The first-order valence-corrected chi connectivity index (χ1v) is 5.82. The monoisotopic (exact) mass is 262 g/mol. The van der Waals surface area contributed by atoms with Crippen molar-refractivity contribution in [3.63, 3.8) is 0 Å². The number of aromatic nitrogens is 2. The Morgan fingerprint density at radius 1 is 1.47 bits per heavy atom. The second kappa shape index (κ2) is 5.09. The summed E-state index contributed by atoms with van der Waals surface area (Å²) in [6, 6.07) is 4.19. The number of nitrogens with two attached hydrogens (primary N) is 1. The lowest BCUT2D eigenvalue weighted by Gasteiger charge is -2.08. The molecular weight excluding hydrogens is 247 g/mol. The number of carbonyl (C=O) groups excluding carboxylic acids is 1. The molecule has 0 bridgehead atoms. The fourth-order valence-corrected chi connectivity index (χ4v) is 1.85. The highest BCUT2D eigenvalue weighted by molar-refractivity contribution is 5.94. The maximum Gasteiger partial charge on any atom is 0.251 e. The van der Waals surface area contributed by atoms with Gasteiger partial charge in [0.25, 0.3) is 5.91 Å². The van der Waals surface area contributed by atoms with Crippen molar-refractivity contribution in [1.82, 2.24) is 10.2 Å². The smallest absolute Gasteiger partial charge is 0.251 e. The number of aryl methyl sites for hydroxylation is 2. The molecule has 4 N–H and O–H groups in total. The molecule has 0 aliphatic carbocycles. The molecule has 0 unspecified atom stereocenters. The van der Waals surface area contributed by atoms with Crippen molar-refractivity contribution < 1.29 is 9.18 Å². The van der Waals surface area contributed by atoms with Crippen LogP contribution in [-0.2, 0) is 6.54 Å². The summed E-state index contributed by atoms with van der Waals surface area (Å²) in [6.07, 6.45) is 0. The van der Waals surface area contributed by atoms with E-state index in [-0.39, 0.29) is 5.56 Å². The average molecular weight is 262 g/mol. The molecule has 0 saturated carbocycles. The minimum absolute atomic E-state index is 0.120. The van der Waals surface area contributed by atoms with Crippen molar-refractivity contribution in [2.75, 3.05) is 5.32 Å². The number of nitrogens with one attached hydrogen (secondary N) is 2. The minimum atomic E-state index is -0.781. The van der Waals surface area contributed by atoms with E-state index in [1.807, 2.05) is 13.8 Å². The molecule has 6 heteroatoms. The topological polar surface area (TPSA) is 83.8 Å². The van der Waals surface area contributed by atoms with Gasteiger partial charge in [0, 0.05) is 23.5 Å². The van der Waals surface area contributed by atoms with Crippen molar-refractivity contribution in [2.24, 2.45) is 5.73 Å². The van der Waals surface area contributed by atoms with Gasteiger partial charge in [-0.15, -0.1) is 0 Å². The van der Waals surface area contributed by atoms with Gasteiger partial charge in [-0.3, -0.25) is 9.89 Å². The Balaban J connectivity index is 2.16. The maximum absolute atomic E-state index is 13.3. The zero-order valence-corrected chi connectivity index (χ0v) is 10.7. The summed E-state index contributed by atoms with van der Waals surface area (Å²) in [7, 11) is 0. The molecule has 1 aromatic heterocycles. The summed E-state index contributed by atoms with van der Waals surface area (Å²) in [5, 5.41) is 10.1. The number of aromatic amines is 1. The van der Waals surface area contributed by atoms with Crippen LogP contribution in [0.2, 0.25) is 0 Å². The molecule has 1 aromatic carbocycles. The van der Waals surface area contributed by atoms with Gasteiger partial charge in [0.05, 0.1) is 11.3 Å². The molecule has 5 nitrogen and oxygen atoms in total. The van der Waals surface area contributed by atoms with Gasteiger partial charge in [-0.2, -0.15) is 5.10 Å². The fraction of sp³-hybridized carbons (Fsp3) is 0.231. The summed E-state index contributed by atoms with van der Waals surface area (Å²) in [5.41, 5.74) is 8.54. The van der Waals surface area contributed by atoms with Gasteiger partial charge in [0.15, 0.2) is 0 Å². The van der Waals surface area contributed by atoms with Crippen LogP contribution in [0.15, 0.2) is 18.2 Å². The van der Waals surface area contributed by atoms with Crippen LogP contribution in [0.5, 0.6) is 0 Å². The van der Waals surface area contributed by atoms with Crippen LogP contribution in [0.1, 0.15) is 27.3 Å². The Labute approximate surface area is 110 Å². The lowest BCUT2D eigenvalue weighted by atomic mass is 10.1. The highest BCUT2D eigenvalue weighted by atomic mass is 19.1. The van der Waals surface area contributed by atoms with Gasteiger partial charge in [0.2, 0.25) is 0 Å². The fourth-order valence-electron chi connectivity index (χ4n) is 1.85. The van der Waals surface area contributed by atoms with E-state index in [4.69, 9.17) is 5.73 Å². The summed E-state index contributed by atoms with van der Waals surface area (Å²) < 4.78 is 13.3. The van der Waals surface area contributed by atoms with Crippen molar-refractivity contribution in [2.45, 2.75) is 20.4 Å². The molecule has 2 aromatic rings. The molecule has 0 aliphatic rings. The molecule has 1 heterocycles. The molecular formula is C13H15FN4O. The predicted octanol–water partition coefficient (Wildman–Crippen LogP) is 1.88. The van der Waals surface area contributed by atoms with Crippen LogP contribution in [0, 0.1) is 19.7 Å². The maximum atomic E-state index is 13.3. The van der Waals surface area contributed by atoms with Crippen molar-refractivity contribution >= 4 is 11.6 Å². The van der Waals surface area contributed by atoms with Crippen molar-refractivity contribution in [3.8, 4) is 0 Å². The lowest BCUT2D eigenvalue weighted by molar-refractivity contribution is 0.0996. The van der Waals surface area contributed by atoms with E-state index >= 15 is 0 Å². The van der Waals surface area contributed by atoms with E-state index in [0.29, 0.717) is 12.2 Å². The number of anilines is 1. The number of halogens is 1. The van der Waals surface area contributed by atoms with E-state index < -0.39 is 11.7 Å². The molecule has 0 saturated heterocycles. The SMILES string of the molecule is Cc1n[nH]c(C)c1CNc1ccc(F)c(C(N)=O)c1. The number of amides is 1. The highest BCUT2D eigenvalue weighted by Crippen LogP contribution is 2.17. The number of hydrogen-bond donors (Lipinski definition) is 3. The van der Waals surface area contributed by atoms with Gasteiger partial charge >= 0.3 is 0 Å². The van der Waals surface area contributed by atoms with Crippen LogP contribution in [0.4, 0.5) is 10.1 Å². The molecule has 0 fully saturated rings. The summed E-state index contributed by atoms with van der Waals surface area (Å²) in [4.78, 5) is 11.1. The van der Waals surface area contributed by atoms with Gasteiger partial charge in [-0.05, 0) is 32.0 Å². The van der Waals surface area contributed by atoms with Crippen LogP contribution < -0.4 is 11.1 Å². The standard InChI is InChI=1S/C13H15FN4O/c1-7-11(8(2)18-17-7)6-16-9-3-4-12(14)10(5-9)13(15)19/h3-5,16H,6H2,1-2H3,(H2,15,19)(H,17,18). The first-order chi connectivity index (χ1) is 8.99. The Kier molecular flexibility index (Phi) is 3.50. The van der Waals surface area contributed by atoms with E-state index in [1.165, 1.54) is 12.1 Å². The van der Waals surface area contributed by atoms with Gasteiger partial charge in [0.1, 0.15) is 5.82 Å². The average Bonchev–Trinajstić information content (AvgIpc) is 2.68. The zero-order chi connectivity index (χ0) is 14.0.